The van der Waals surface area contributed by atoms with E-state index < -0.39 is 19.2 Å². The number of benzene rings is 1. The minimum absolute atomic E-state index is 0.0909. The van der Waals surface area contributed by atoms with E-state index in [1.807, 2.05) is 0 Å². The minimum atomic E-state index is -3.46. The van der Waals surface area contributed by atoms with E-state index in [1.165, 1.54) is 11.3 Å². The second-order valence-electron chi connectivity index (χ2n) is 5.04. The summed E-state index contributed by atoms with van der Waals surface area (Å²) in [4.78, 5) is 5.05. The van der Waals surface area contributed by atoms with Crippen molar-refractivity contribution in [2.75, 3.05) is 19.6 Å². The molecule has 0 N–H and O–H groups in total. The Labute approximate surface area is 142 Å². The quantitative estimate of drug-likeness (QED) is 0.565. The summed E-state index contributed by atoms with van der Waals surface area (Å²) >= 11 is 1.37. The molecule has 0 unspecified atom stereocenters. The number of rotatable bonds is 7. The summed E-state index contributed by atoms with van der Waals surface area (Å²) in [6.45, 7) is 3.74. The molecular weight excluding hydrogens is 359 g/mol. The molecule has 0 amide bonds. The monoisotopic (exact) mass is 375 g/mol. The van der Waals surface area contributed by atoms with E-state index in [2.05, 4.69) is 4.98 Å². The van der Waals surface area contributed by atoms with Crippen LogP contribution < -0.4 is 4.74 Å². The van der Waals surface area contributed by atoms with Gasteiger partial charge in [0.25, 0.3) is 0 Å². The van der Waals surface area contributed by atoms with Gasteiger partial charge in [-0.1, -0.05) is 0 Å². The van der Waals surface area contributed by atoms with Gasteiger partial charge in [0, 0.05) is 22.9 Å². The minimum Gasteiger partial charge on any atom is -0.480 e. The van der Waals surface area contributed by atoms with E-state index in [1.54, 1.807) is 19.4 Å². The highest BCUT2D eigenvalue weighted by Gasteiger charge is 2.32. The molecule has 130 valence electrons. The average Bonchev–Trinajstić information content (AvgIpc) is 3.11. The largest absolute Gasteiger partial charge is 0.480 e. The Morgan fingerprint density at radius 3 is 2.67 bits per heavy atom. The van der Waals surface area contributed by atoms with Crippen LogP contribution in [-0.4, -0.2) is 24.5 Å². The molecule has 0 saturated heterocycles. The topological polar surface area (TPSA) is 57.7 Å². The zero-order valence-electron chi connectivity index (χ0n) is 13.2. The highest BCUT2D eigenvalue weighted by molar-refractivity contribution is 7.53. The maximum Gasteiger partial charge on any atom is 0.367 e. The number of hydrogen-bond acceptors (Lipinski definition) is 6. The summed E-state index contributed by atoms with van der Waals surface area (Å²) in [5.74, 6) is -1.82. The molecule has 0 fully saturated rings. The maximum absolute atomic E-state index is 14.1. The van der Waals surface area contributed by atoms with Gasteiger partial charge in [0.1, 0.15) is 5.75 Å². The van der Waals surface area contributed by atoms with Gasteiger partial charge in [0.2, 0.25) is 0 Å². The normalized spacial score (nSPS) is 13.0. The van der Waals surface area contributed by atoms with Crippen molar-refractivity contribution in [1.82, 2.24) is 4.98 Å². The molecule has 0 atom stereocenters. The molecule has 0 aliphatic heterocycles. The van der Waals surface area contributed by atoms with Crippen LogP contribution in [0.4, 0.5) is 8.78 Å². The molecule has 1 aromatic heterocycles. The standard InChI is InChI=1S/C15H16F2NO4PS/c1-3-21-23(19,22-4-2)8-20-11-6-10(16)14(17)9-5-12-15(13(9)11)18-7-24-12/h6-7H,3-5,8H2,1-2H3. The van der Waals surface area contributed by atoms with Crippen molar-refractivity contribution >= 4 is 18.9 Å². The molecule has 0 saturated carbocycles. The maximum atomic E-state index is 14.1. The number of hydrogen-bond donors (Lipinski definition) is 0. The summed E-state index contributed by atoms with van der Waals surface area (Å²) in [5.41, 5.74) is 2.84. The van der Waals surface area contributed by atoms with Gasteiger partial charge in [-0.2, -0.15) is 0 Å². The molecule has 3 rings (SSSR count). The van der Waals surface area contributed by atoms with Gasteiger partial charge < -0.3 is 13.8 Å². The van der Waals surface area contributed by atoms with Crippen LogP contribution in [0.1, 0.15) is 24.3 Å². The van der Waals surface area contributed by atoms with Gasteiger partial charge in [-0.05, 0) is 13.8 Å². The van der Waals surface area contributed by atoms with E-state index in [0.29, 0.717) is 11.3 Å². The molecule has 2 aromatic rings. The predicted molar refractivity (Wildman–Crippen MR) is 86.6 cm³/mol. The molecule has 0 bridgehead atoms. The molecule has 1 aliphatic rings. The Morgan fingerprint density at radius 1 is 1.29 bits per heavy atom. The smallest absolute Gasteiger partial charge is 0.367 e. The number of nitrogens with zero attached hydrogens (tertiary/aromatic N) is 1. The summed E-state index contributed by atoms with van der Waals surface area (Å²) in [7, 11) is -3.46. The molecule has 0 radical (unpaired) electrons. The second kappa shape index (κ2) is 6.88. The number of fused-ring (bicyclic) bond motifs is 3. The Hall–Kier alpha value is -1.34. The fourth-order valence-electron chi connectivity index (χ4n) is 2.61. The van der Waals surface area contributed by atoms with Gasteiger partial charge >= 0.3 is 7.60 Å². The molecule has 5 nitrogen and oxygen atoms in total. The van der Waals surface area contributed by atoms with Crippen LogP contribution in [0, 0.1) is 11.6 Å². The number of ether oxygens (including phenoxy) is 1. The van der Waals surface area contributed by atoms with E-state index in [9.17, 15) is 13.3 Å². The van der Waals surface area contributed by atoms with Gasteiger partial charge in [-0.3, -0.25) is 4.57 Å². The third kappa shape index (κ3) is 3.11. The Morgan fingerprint density at radius 2 is 2.00 bits per heavy atom. The highest BCUT2D eigenvalue weighted by atomic mass is 32.1. The van der Waals surface area contributed by atoms with Crippen molar-refractivity contribution in [3.8, 4) is 17.0 Å². The molecule has 24 heavy (non-hydrogen) atoms. The lowest BCUT2D eigenvalue weighted by atomic mass is 10.1. The summed E-state index contributed by atoms with van der Waals surface area (Å²) in [6, 6.07) is 0.949. The number of halogens is 2. The van der Waals surface area contributed by atoms with E-state index in [4.69, 9.17) is 13.8 Å². The molecule has 1 aliphatic carbocycles. The Balaban J connectivity index is 1.94. The van der Waals surface area contributed by atoms with Crippen molar-refractivity contribution in [3.63, 3.8) is 0 Å². The van der Waals surface area contributed by atoms with Crippen LogP contribution in [0.15, 0.2) is 11.6 Å². The fourth-order valence-corrected chi connectivity index (χ4v) is 4.69. The summed E-state index contributed by atoms with van der Waals surface area (Å²) in [6.07, 6.45) is -0.116. The Kier molecular flexibility index (Phi) is 5.01. The lowest BCUT2D eigenvalue weighted by Crippen LogP contribution is -2.07. The molecular formula is C15H16F2NO4PS. The second-order valence-corrected chi connectivity index (χ2v) is 7.98. The van der Waals surface area contributed by atoms with Gasteiger partial charge in [-0.25, -0.2) is 13.8 Å². The van der Waals surface area contributed by atoms with Crippen molar-refractivity contribution in [1.29, 1.82) is 0 Å². The summed E-state index contributed by atoms with van der Waals surface area (Å²) in [5, 5.41) is 0. The third-order valence-corrected chi connectivity index (χ3v) is 6.11. The lowest BCUT2D eigenvalue weighted by molar-refractivity contribution is 0.197. The zero-order chi connectivity index (χ0) is 17.3. The Bertz CT molecular complexity index is 801. The average molecular weight is 375 g/mol. The molecule has 0 spiro atoms. The highest BCUT2D eigenvalue weighted by Crippen LogP contribution is 2.50. The number of thiazole rings is 1. The molecule has 9 heteroatoms. The first kappa shape index (κ1) is 17.5. The van der Waals surface area contributed by atoms with E-state index in [-0.39, 0.29) is 37.3 Å². The first-order valence-electron chi connectivity index (χ1n) is 7.43. The first-order valence-corrected chi connectivity index (χ1v) is 10.0. The van der Waals surface area contributed by atoms with Crippen LogP contribution in [0.5, 0.6) is 5.75 Å². The van der Waals surface area contributed by atoms with Crippen molar-refractivity contribution < 1.29 is 27.1 Å². The van der Waals surface area contributed by atoms with Crippen molar-refractivity contribution in [3.05, 3.63) is 33.7 Å². The van der Waals surface area contributed by atoms with Gasteiger partial charge in [-0.15, -0.1) is 11.3 Å². The SMILES string of the molecule is CCOP(=O)(COc1cc(F)c(F)c2c1-c1ncsc1C2)OCC. The molecule has 1 heterocycles. The first-order chi connectivity index (χ1) is 11.5. The van der Waals surface area contributed by atoms with Crippen LogP contribution in [-0.2, 0) is 20.0 Å². The third-order valence-electron chi connectivity index (χ3n) is 3.53. The lowest BCUT2D eigenvalue weighted by Gasteiger charge is -2.18. The van der Waals surface area contributed by atoms with Gasteiger partial charge in [0.15, 0.2) is 18.0 Å². The van der Waals surface area contributed by atoms with E-state index >= 15 is 0 Å². The van der Waals surface area contributed by atoms with Crippen molar-refractivity contribution in [2.24, 2.45) is 0 Å². The van der Waals surface area contributed by atoms with Gasteiger partial charge in [0.05, 0.1) is 30.0 Å². The van der Waals surface area contributed by atoms with Crippen LogP contribution in [0.3, 0.4) is 0 Å². The zero-order valence-corrected chi connectivity index (χ0v) is 14.9. The molecule has 1 aromatic carbocycles. The number of aromatic nitrogens is 1. The summed E-state index contributed by atoms with van der Waals surface area (Å²) < 4.78 is 56.3. The van der Waals surface area contributed by atoms with E-state index in [0.717, 1.165) is 10.9 Å². The van der Waals surface area contributed by atoms with Crippen molar-refractivity contribution in [2.45, 2.75) is 20.3 Å². The van der Waals surface area contributed by atoms with Crippen LogP contribution >= 0.6 is 18.9 Å². The van der Waals surface area contributed by atoms with Crippen LogP contribution in [0.2, 0.25) is 0 Å². The predicted octanol–water partition coefficient (Wildman–Crippen LogP) is 4.59. The fraction of sp³-hybridized carbons (Fsp3) is 0.400. The van der Waals surface area contributed by atoms with Crippen LogP contribution in [0.25, 0.3) is 11.3 Å².